The molecule has 0 radical (unpaired) electrons. The van der Waals surface area contributed by atoms with Gasteiger partial charge in [-0.3, -0.25) is 0 Å². The maximum atomic E-state index is 5.04. The molecule has 0 amide bonds. The number of ether oxygens (including phenoxy) is 1. The molecule has 1 aromatic carbocycles. The van der Waals surface area contributed by atoms with Crippen molar-refractivity contribution in [2.75, 3.05) is 26.0 Å². The van der Waals surface area contributed by atoms with Crippen molar-refractivity contribution in [3.63, 3.8) is 0 Å². The van der Waals surface area contributed by atoms with Crippen LogP contribution in [-0.2, 0) is 17.8 Å². The van der Waals surface area contributed by atoms with Crippen molar-refractivity contribution in [2.45, 2.75) is 23.9 Å². The van der Waals surface area contributed by atoms with E-state index >= 15 is 0 Å². The molecular formula is C17H22N2OS. The molecule has 3 nitrogen and oxygen atoms in total. The molecule has 21 heavy (non-hydrogen) atoms. The van der Waals surface area contributed by atoms with Gasteiger partial charge < -0.3 is 14.6 Å². The van der Waals surface area contributed by atoms with E-state index in [9.17, 15) is 0 Å². The first-order chi connectivity index (χ1) is 10.4. The minimum Gasteiger partial charge on any atom is -0.383 e. The minimum atomic E-state index is 0.632. The summed E-state index contributed by atoms with van der Waals surface area (Å²) in [5, 5.41) is 3.38. The second-order valence-corrected chi connectivity index (χ2v) is 6.49. The summed E-state index contributed by atoms with van der Waals surface area (Å²) in [4.78, 5) is 1.45. The third-order valence-electron chi connectivity index (χ3n) is 3.85. The van der Waals surface area contributed by atoms with Gasteiger partial charge in [0, 0.05) is 55.7 Å². The van der Waals surface area contributed by atoms with Crippen LogP contribution in [0.4, 0.5) is 0 Å². The highest BCUT2D eigenvalue weighted by Crippen LogP contribution is 2.40. The molecule has 0 aliphatic carbocycles. The highest BCUT2D eigenvalue weighted by Gasteiger charge is 2.22. The zero-order valence-corrected chi connectivity index (χ0v) is 13.2. The molecule has 1 aromatic heterocycles. The minimum absolute atomic E-state index is 0.632. The van der Waals surface area contributed by atoms with Gasteiger partial charge in [0.15, 0.2) is 0 Å². The maximum absolute atomic E-state index is 5.04. The summed E-state index contributed by atoms with van der Waals surface area (Å²) in [5.74, 6) is 1.83. The first kappa shape index (κ1) is 14.7. The smallest absolute Gasteiger partial charge is 0.0587 e. The van der Waals surface area contributed by atoms with Gasteiger partial charge in [0.25, 0.3) is 0 Å². The highest BCUT2D eigenvalue weighted by molar-refractivity contribution is 7.99. The fourth-order valence-corrected chi connectivity index (χ4v) is 3.99. The fraction of sp³-hybridized carbons (Fsp3) is 0.412. The highest BCUT2D eigenvalue weighted by atomic mass is 32.2. The Balaban J connectivity index is 1.56. The van der Waals surface area contributed by atoms with Gasteiger partial charge in [-0.05, 0) is 23.3 Å². The van der Waals surface area contributed by atoms with E-state index in [1.807, 2.05) is 11.8 Å². The van der Waals surface area contributed by atoms with Crippen LogP contribution in [0.1, 0.15) is 17.0 Å². The summed E-state index contributed by atoms with van der Waals surface area (Å²) in [5.41, 5.74) is 2.85. The second kappa shape index (κ2) is 7.16. The van der Waals surface area contributed by atoms with Crippen LogP contribution in [0.3, 0.4) is 0 Å². The molecule has 0 saturated heterocycles. The molecule has 1 aliphatic heterocycles. The lowest BCUT2D eigenvalue weighted by Crippen LogP contribution is -2.18. The van der Waals surface area contributed by atoms with Crippen molar-refractivity contribution in [3.05, 3.63) is 53.9 Å². The molecule has 1 atom stereocenters. The van der Waals surface area contributed by atoms with E-state index in [0.29, 0.717) is 5.92 Å². The Labute approximate surface area is 130 Å². The number of thioether (sulfide) groups is 1. The molecule has 112 valence electrons. The Hall–Kier alpha value is -1.23. The van der Waals surface area contributed by atoms with Crippen molar-refractivity contribution in [3.8, 4) is 0 Å². The van der Waals surface area contributed by atoms with E-state index in [0.717, 1.165) is 26.2 Å². The zero-order valence-electron chi connectivity index (χ0n) is 12.4. The summed E-state index contributed by atoms with van der Waals surface area (Å²) in [6, 6.07) is 11.0. The molecule has 1 N–H and O–H groups in total. The third kappa shape index (κ3) is 3.70. The number of nitrogens with zero attached hydrogens (tertiary/aromatic N) is 1. The largest absolute Gasteiger partial charge is 0.383 e. The molecule has 0 bridgehead atoms. The molecule has 2 heterocycles. The van der Waals surface area contributed by atoms with Crippen molar-refractivity contribution >= 4 is 11.8 Å². The van der Waals surface area contributed by atoms with Crippen LogP contribution < -0.4 is 5.32 Å². The molecule has 0 fully saturated rings. The van der Waals surface area contributed by atoms with Gasteiger partial charge in [-0.25, -0.2) is 0 Å². The number of hydrogen-bond acceptors (Lipinski definition) is 3. The van der Waals surface area contributed by atoms with E-state index in [-0.39, 0.29) is 0 Å². The number of nitrogens with one attached hydrogen (secondary N) is 1. The van der Waals surface area contributed by atoms with Gasteiger partial charge >= 0.3 is 0 Å². The van der Waals surface area contributed by atoms with Crippen LogP contribution in [-0.4, -0.2) is 30.6 Å². The molecule has 1 unspecified atom stereocenters. The molecule has 1 aliphatic rings. The van der Waals surface area contributed by atoms with Gasteiger partial charge in [0.2, 0.25) is 0 Å². The second-order valence-electron chi connectivity index (χ2n) is 5.43. The lowest BCUT2D eigenvalue weighted by molar-refractivity contribution is 0.199. The molecule has 0 saturated carbocycles. The summed E-state index contributed by atoms with van der Waals surface area (Å²) in [7, 11) is 1.73. The Kier molecular flexibility index (Phi) is 5.01. The molecular weight excluding hydrogens is 280 g/mol. The van der Waals surface area contributed by atoms with E-state index in [1.54, 1.807) is 7.11 Å². The van der Waals surface area contributed by atoms with E-state index in [4.69, 9.17) is 4.74 Å². The Morgan fingerprint density at radius 2 is 2.24 bits per heavy atom. The Bertz CT molecular complexity index is 582. The average Bonchev–Trinajstić information content (AvgIpc) is 3.12. The topological polar surface area (TPSA) is 26.2 Å². The number of rotatable bonds is 7. The van der Waals surface area contributed by atoms with Crippen LogP contribution in [0.5, 0.6) is 0 Å². The first-order valence-electron chi connectivity index (χ1n) is 7.43. The molecule has 0 spiro atoms. The normalized spacial score (nSPS) is 17.1. The third-order valence-corrected chi connectivity index (χ3v) is 5.11. The quantitative estimate of drug-likeness (QED) is 0.796. The van der Waals surface area contributed by atoms with Gasteiger partial charge in [-0.1, -0.05) is 18.2 Å². The number of benzene rings is 1. The predicted molar refractivity (Wildman–Crippen MR) is 87.9 cm³/mol. The standard InChI is InChI=1S/C17H22N2OS/c1-20-9-7-18-10-14-6-8-19(11-14)12-15-13-21-17-5-3-2-4-16(15)17/h2-6,8,11,15,18H,7,9-10,12-13H2,1H3. The Morgan fingerprint density at radius 3 is 3.14 bits per heavy atom. The number of aromatic nitrogens is 1. The lowest BCUT2D eigenvalue weighted by Gasteiger charge is -2.11. The van der Waals surface area contributed by atoms with Crippen LogP contribution in [0, 0.1) is 0 Å². The summed E-state index contributed by atoms with van der Waals surface area (Å²) in [6.45, 7) is 3.64. The lowest BCUT2D eigenvalue weighted by atomic mass is 10.0. The van der Waals surface area contributed by atoms with Crippen LogP contribution >= 0.6 is 11.8 Å². The van der Waals surface area contributed by atoms with Crippen molar-refractivity contribution in [2.24, 2.45) is 0 Å². The van der Waals surface area contributed by atoms with Gasteiger partial charge in [0.1, 0.15) is 0 Å². The first-order valence-corrected chi connectivity index (χ1v) is 8.41. The summed E-state index contributed by atoms with van der Waals surface area (Å²) < 4.78 is 7.36. The Morgan fingerprint density at radius 1 is 1.33 bits per heavy atom. The average molecular weight is 302 g/mol. The fourth-order valence-electron chi connectivity index (χ4n) is 2.75. The number of methoxy groups -OCH3 is 1. The number of fused-ring (bicyclic) bond motifs is 1. The molecule has 3 rings (SSSR count). The van der Waals surface area contributed by atoms with Crippen molar-refractivity contribution in [1.82, 2.24) is 9.88 Å². The van der Waals surface area contributed by atoms with Crippen molar-refractivity contribution in [1.29, 1.82) is 0 Å². The van der Waals surface area contributed by atoms with Crippen LogP contribution in [0.15, 0.2) is 47.6 Å². The number of hydrogen-bond donors (Lipinski definition) is 1. The van der Waals surface area contributed by atoms with E-state index in [1.165, 1.54) is 21.8 Å². The van der Waals surface area contributed by atoms with E-state index < -0.39 is 0 Å². The summed E-state index contributed by atoms with van der Waals surface area (Å²) >= 11 is 1.98. The zero-order chi connectivity index (χ0) is 14.5. The van der Waals surface area contributed by atoms with Crippen LogP contribution in [0.25, 0.3) is 0 Å². The van der Waals surface area contributed by atoms with Gasteiger partial charge in [-0.2, -0.15) is 0 Å². The van der Waals surface area contributed by atoms with Gasteiger partial charge in [-0.15, -0.1) is 11.8 Å². The molecule has 2 aromatic rings. The SMILES string of the molecule is COCCNCc1ccn(CC2CSc3ccccc32)c1. The maximum Gasteiger partial charge on any atom is 0.0587 e. The predicted octanol–water partition coefficient (Wildman–Crippen LogP) is 3.11. The molecule has 4 heteroatoms. The monoisotopic (exact) mass is 302 g/mol. The van der Waals surface area contributed by atoms with E-state index in [2.05, 4.69) is 52.6 Å². The summed E-state index contributed by atoms with van der Waals surface area (Å²) in [6.07, 6.45) is 4.45. The van der Waals surface area contributed by atoms with Gasteiger partial charge in [0.05, 0.1) is 6.61 Å². The van der Waals surface area contributed by atoms with Crippen molar-refractivity contribution < 1.29 is 4.74 Å². The van der Waals surface area contributed by atoms with Crippen LogP contribution in [0.2, 0.25) is 0 Å².